The predicted molar refractivity (Wildman–Crippen MR) is 94.7 cm³/mol. The lowest BCUT2D eigenvalue weighted by molar-refractivity contribution is -0.124. The molecule has 0 bridgehead atoms. The van der Waals surface area contributed by atoms with Gasteiger partial charge >= 0.3 is 0 Å². The van der Waals surface area contributed by atoms with Crippen molar-refractivity contribution < 1.29 is 17.9 Å². The minimum absolute atomic E-state index is 0.0866. The number of halogens is 1. The van der Waals surface area contributed by atoms with Gasteiger partial charge in [0.05, 0.1) is 17.9 Å². The molecule has 0 radical (unpaired) electrons. The average molecular weight is 372 g/mol. The van der Waals surface area contributed by atoms with E-state index in [0.717, 1.165) is 23.8 Å². The summed E-state index contributed by atoms with van der Waals surface area (Å²) in [6.45, 7) is 4.33. The van der Waals surface area contributed by atoms with Crippen LogP contribution in [0, 0.1) is 0 Å². The maximum absolute atomic E-state index is 12.2. The molecular formula is C17H22ClNO4S. The molecule has 2 rings (SSSR count). The van der Waals surface area contributed by atoms with Gasteiger partial charge in [-0.1, -0.05) is 30.3 Å². The van der Waals surface area contributed by atoms with Crippen LogP contribution in [0.15, 0.2) is 36.3 Å². The molecule has 7 heteroatoms. The lowest BCUT2D eigenvalue weighted by Gasteiger charge is -2.38. The van der Waals surface area contributed by atoms with Gasteiger partial charge < -0.3 is 10.1 Å². The van der Waals surface area contributed by atoms with E-state index < -0.39 is 15.4 Å². The van der Waals surface area contributed by atoms with Crippen LogP contribution >= 0.6 is 11.6 Å². The lowest BCUT2D eigenvalue weighted by Crippen LogP contribution is -2.55. The molecule has 24 heavy (non-hydrogen) atoms. The van der Waals surface area contributed by atoms with Gasteiger partial charge in [-0.2, -0.15) is 0 Å². The standard InChI is InChI=1S/C17H22ClNO4S/c1-2-24(21,22)11-8-16(20)19-17(9-3-10-23-13-17)12-14-4-6-15(18)7-5-14/h2,4-7H,1,3,8-13H2,(H,19,20). The molecule has 1 heterocycles. The molecule has 1 N–H and O–H groups in total. The zero-order chi connectivity index (χ0) is 17.6. The molecule has 1 aliphatic rings. The van der Waals surface area contributed by atoms with Crippen LogP contribution in [0.3, 0.4) is 0 Å². The third-order valence-corrected chi connectivity index (χ3v) is 5.58. The SMILES string of the molecule is C=CS(=O)(=O)CCC(=O)NC1(Cc2ccc(Cl)cc2)CCCOC1. The van der Waals surface area contributed by atoms with E-state index in [1.807, 2.05) is 24.3 Å². The summed E-state index contributed by atoms with van der Waals surface area (Å²) in [6.07, 6.45) is 2.16. The van der Waals surface area contributed by atoms with E-state index in [2.05, 4.69) is 11.9 Å². The molecule has 132 valence electrons. The maximum atomic E-state index is 12.2. The van der Waals surface area contributed by atoms with Gasteiger partial charge in [0.15, 0.2) is 9.84 Å². The van der Waals surface area contributed by atoms with E-state index in [1.54, 1.807) is 0 Å². The molecule has 1 aromatic carbocycles. The van der Waals surface area contributed by atoms with E-state index in [9.17, 15) is 13.2 Å². The summed E-state index contributed by atoms with van der Waals surface area (Å²) in [5, 5.41) is 4.54. The fourth-order valence-corrected chi connectivity index (χ4v) is 3.57. The second-order valence-electron chi connectivity index (χ2n) is 6.07. The van der Waals surface area contributed by atoms with E-state index in [0.29, 0.717) is 24.7 Å². The molecule has 0 aromatic heterocycles. The highest BCUT2D eigenvalue weighted by Gasteiger charge is 2.34. The van der Waals surface area contributed by atoms with Crippen molar-refractivity contribution in [3.05, 3.63) is 46.8 Å². The summed E-state index contributed by atoms with van der Waals surface area (Å²) in [7, 11) is -3.38. The minimum atomic E-state index is -3.38. The van der Waals surface area contributed by atoms with Crippen LogP contribution in [0.4, 0.5) is 0 Å². The first-order valence-electron chi connectivity index (χ1n) is 7.83. The molecule has 1 atom stereocenters. The number of carbonyl (C=O) groups is 1. The first kappa shape index (κ1) is 19.0. The molecule has 1 saturated heterocycles. The van der Waals surface area contributed by atoms with Crippen molar-refractivity contribution in [2.45, 2.75) is 31.2 Å². The summed E-state index contributed by atoms with van der Waals surface area (Å²) in [4.78, 5) is 12.2. The van der Waals surface area contributed by atoms with Crippen molar-refractivity contribution in [2.75, 3.05) is 19.0 Å². The summed E-state index contributed by atoms with van der Waals surface area (Å²) >= 11 is 5.91. The van der Waals surface area contributed by atoms with Crippen LogP contribution < -0.4 is 5.32 Å². The molecule has 1 amide bonds. The number of ether oxygens (including phenoxy) is 1. The molecule has 0 saturated carbocycles. The van der Waals surface area contributed by atoms with E-state index in [4.69, 9.17) is 16.3 Å². The zero-order valence-electron chi connectivity index (χ0n) is 13.5. The second-order valence-corrected chi connectivity index (χ2v) is 8.58. The summed E-state index contributed by atoms with van der Waals surface area (Å²) in [5.41, 5.74) is 0.532. The number of hydrogen-bond donors (Lipinski definition) is 1. The van der Waals surface area contributed by atoms with Gasteiger partial charge in [-0.15, -0.1) is 0 Å². The van der Waals surface area contributed by atoms with E-state index in [-0.39, 0.29) is 18.1 Å². The largest absolute Gasteiger partial charge is 0.379 e. The molecule has 0 spiro atoms. The third kappa shape index (κ3) is 5.61. The van der Waals surface area contributed by atoms with Crippen LogP contribution in [0.5, 0.6) is 0 Å². The minimum Gasteiger partial charge on any atom is -0.379 e. The van der Waals surface area contributed by atoms with Crippen LogP contribution in [-0.2, 0) is 25.8 Å². The number of nitrogens with one attached hydrogen (secondary N) is 1. The molecular weight excluding hydrogens is 350 g/mol. The molecule has 5 nitrogen and oxygen atoms in total. The van der Waals surface area contributed by atoms with Crippen molar-refractivity contribution in [3.63, 3.8) is 0 Å². The topological polar surface area (TPSA) is 72.5 Å². The number of benzene rings is 1. The average Bonchev–Trinajstić information content (AvgIpc) is 2.56. The monoisotopic (exact) mass is 371 g/mol. The first-order chi connectivity index (χ1) is 11.3. The number of hydrogen-bond acceptors (Lipinski definition) is 4. The molecule has 1 aliphatic heterocycles. The van der Waals surface area contributed by atoms with Gasteiger partial charge in [-0.25, -0.2) is 8.42 Å². The number of amides is 1. The maximum Gasteiger partial charge on any atom is 0.221 e. The van der Waals surface area contributed by atoms with Gasteiger partial charge in [0.2, 0.25) is 5.91 Å². The van der Waals surface area contributed by atoms with Gasteiger partial charge in [-0.05, 0) is 37.0 Å². The Morgan fingerprint density at radius 1 is 1.38 bits per heavy atom. The normalized spacial score (nSPS) is 21.2. The number of sulfone groups is 1. The van der Waals surface area contributed by atoms with Gasteiger partial charge in [0.1, 0.15) is 0 Å². The van der Waals surface area contributed by atoms with Crippen molar-refractivity contribution in [1.29, 1.82) is 0 Å². The Bertz CT molecular complexity index is 679. The quantitative estimate of drug-likeness (QED) is 0.799. The molecule has 0 aliphatic carbocycles. The molecule has 1 unspecified atom stereocenters. The van der Waals surface area contributed by atoms with Crippen LogP contribution in [-0.4, -0.2) is 38.8 Å². The Kier molecular flexibility index (Phi) is 6.43. The Balaban J connectivity index is 2.05. The van der Waals surface area contributed by atoms with Crippen molar-refractivity contribution in [2.24, 2.45) is 0 Å². The zero-order valence-corrected chi connectivity index (χ0v) is 15.0. The highest BCUT2D eigenvalue weighted by molar-refractivity contribution is 7.94. The summed E-state index contributed by atoms with van der Waals surface area (Å²) < 4.78 is 28.5. The predicted octanol–water partition coefficient (Wildman–Crippen LogP) is 2.50. The fraction of sp³-hybridized carbons (Fsp3) is 0.471. The highest BCUT2D eigenvalue weighted by atomic mass is 35.5. The van der Waals surface area contributed by atoms with E-state index >= 15 is 0 Å². The summed E-state index contributed by atoms with van der Waals surface area (Å²) in [6, 6.07) is 7.47. The van der Waals surface area contributed by atoms with Crippen LogP contribution in [0.2, 0.25) is 5.02 Å². The van der Waals surface area contributed by atoms with Gasteiger partial charge in [0.25, 0.3) is 0 Å². The third-order valence-electron chi connectivity index (χ3n) is 4.05. The van der Waals surface area contributed by atoms with Gasteiger partial charge in [0, 0.05) is 23.5 Å². The lowest BCUT2D eigenvalue weighted by atomic mass is 9.85. The Labute approximate surface area is 148 Å². The smallest absolute Gasteiger partial charge is 0.221 e. The Hall–Kier alpha value is -1.37. The highest BCUT2D eigenvalue weighted by Crippen LogP contribution is 2.25. The fourth-order valence-electron chi connectivity index (χ4n) is 2.80. The molecule has 1 aromatic rings. The van der Waals surface area contributed by atoms with E-state index in [1.165, 1.54) is 0 Å². The summed E-state index contributed by atoms with van der Waals surface area (Å²) in [5.74, 6) is -0.528. The number of carbonyl (C=O) groups excluding carboxylic acids is 1. The Morgan fingerprint density at radius 3 is 2.67 bits per heavy atom. The van der Waals surface area contributed by atoms with Crippen LogP contribution in [0.25, 0.3) is 0 Å². The number of rotatable bonds is 7. The first-order valence-corrected chi connectivity index (χ1v) is 9.92. The second kappa shape index (κ2) is 8.14. The Morgan fingerprint density at radius 2 is 2.08 bits per heavy atom. The van der Waals surface area contributed by atoms with Crippen molar-refractivity contribution in [1.82, 2.24) is 5.32 Å². The van der Waals surface area contributed by atoms with Crippen LogP contribution in [0.1, 0.15) is 24.8 Å². The van der Waals surface area contributed by atoms with Gasteiger partial charge in [-0.3, -0.25) is 4.79 Å². The van der Waals surface area contributed by atoms with Crippen molar-refractivity contribution >= 4 is 27.3 Å². The molecule has 1 fully saturated rings. The van der Waals surface area contributed by atoms with Crippen molar-refractivity contribution in [3.8, 4) is 0 Å².